The fraction of sp³-hybridized carbons (Fsp3) is 0.423. The summed E-state index contributed by atoms with van der Waals surface area (Å²) >= 11 is 0. The number of rotatable bonds is 6. The highest BCUT2D eigenvalue weighted by molar-refractivity contribution is 6.01. The summed E-state index contributed by atoms with van der Waals surface area (Å²) < 4.78 is 7.03. The minimum Gasteiger partial charge on any atom is -0.360 e. The van der Waals surface area contributed by atoms with E-state index in [1.165, 1.54) is 4.68 Å². The average Bonchev–Trinajstić information content (AvgIpc) is 3.41. The van der Waals surface area contributed by atoms with Crippen molar-refractivity contribution in [3.05, 3.63) is 69.9 Å². The zero-order valence-corrected chi connectivity index (χ0v) is 18.8. The zero-order chi connectivity index (χ0) is 22.9. The molecule has 0 spiro atoms. The van der Waals surface area contributed by atoms with E-state index < -0.39 is 0 Å². The molecule has 0 saturated carbocycles. The third-order valence-electron chi connectivity index (χ3n) is 6.70. The summed E-state index contributed by atoms with van der Waals surface area (Å²) in [6.07, 6.45) is 4.99. The van der Waals surface area contributed by atoms with Crippen LogP contribution in [-0.4, -0.2) is 32.4 Å². The predicted molar refractivity (Wildman–Crippen MR) is 121 cm³/mol. The molecule has 1 unspecified atom stereocenters. The minimum atomic E-state index is -0.0735. The van der Waals surface area contributed by atoms with Gasteiger partial charge in [0.2, 0.25) is 5.91 Å². The smallest absolute Gasteiger partial charge is 0.247 e. The summed E-state index contributed by atoms with van der Waals surface area (Å²) in [6.45, 7) is 1.95. The first kappa shape index (κ1) is 21.5. The SMILES string of the molecule is CCCC(=O)n1nc(CCc2noc3c2C(=O)CC(c2ccccc2)C3)c2c1CCCC2=O. The normalized spacial score (nSPS) is 17.7. The molecule has 3 aromatic rings. The molecule has 5 rings (SSSR count). The molecular formula is C26H27N3O4. The van der Waals surface area contributed by atoms with Crippen LogP contribution in [0.3, 0.4) is 0 Å². The van der Waals surface area contributed by atoms with E-state index in [4.69, 9.17) is 4.52 Å². The fourth-order valence-electron chi connectivity index (χ4n) is 5.11. The summed E-state index contributed by atoms with van der Waals surface area (Å²) in [5.41, 5.74) is 4.29. The molecule has 0 aliphatic heterocycles. The molecule has 1 aromatic carbocycles. The van der Waals surface area contributed by atoms with Crippen LogP contribution in [0.2, 0.25) is 0 Å². The Morgan fingerprint density at radius 1 is 1.03 bits per heavy atom. The average molecular weight is 446 g/mol. The topological polar surface area (TPSA) is 95.1 Å². The summed E-state index contributed by atoms with van der Waals surface area (Å²) in [6, 6.07) is 10.0. The third kappa shape index (κ3) is 3.96. The number of ketones is 2. The molecule has 2 aliphatic rings. The van der Waals surface area contributed by atoms with Gasteiger partial charge in [-0.1, -0.05) is 42.4 Å². The largest absolute Gasteiger partial charge is 0.360 e. The Kier molecular flexibility index (Phi) is 5.79. The van der Waals surface area contributed by atoms with Gasteiger partial charge in [-0.2, -0.15) is 5.10 Å². The Bertz CT molecular complexity index is 1220. The lowest BCUT2D eigenvalue weighted by Crippen LogP contribution is -2.19. The maximum absolute atomic E-state index is 13.0. The van der Waals surface area contributed by atoms with E-state index in [1.807, 2.05) is 37.3 Å². The molecule has 7 nitrogen and oxygen atoms in total. The second-order valence-electron chi connectivity index (χ2n) is 8.97. The molecule has 1 atom stereocenters. The monoisotopic (exact) mass is 445 g/mol. The van der Waals surface area contributed by atoms with Crippen LogP contribution in [0.25, 0.3) is 0 Å². The van der Waals surface area contributed by atoms with Gasteiger partial charge < -0.3 is 4.52 Å². The van der Waals surface area contributed by atoms with Gasteiger partial charge in [0, 0.05) is 25.7 Å². The fourth-order valence-corrected chi connectivity index (χ4v) is 5.11. The lowest BCUT2D eigenvalue weighted by molar-refractivity contribution is 0.0880. The van der Waals surface area contributed by atoms with Crippen molar-refractivity contribution in [1.29, 1.82) is 0 Å². The first-order valence-electron chi connectivity index (χ1n) is 11.8. The summed E-state index contributed by atoms with van der Waals surface area (Å²) in [4.78, 5) is 38.2. The zero-order valence-electron chi connectivity index (χ0n) is 18.8. The molecule has 0 fully saturated rings. The summed E-state index contributed by atoms with van der Waals surface area (Å²) in [5, 5.41) is 8.76. The van der Waals surface area contributed by atoms with Crippen LogP contribution < -0.4 is 0 Å². The third-order valence-corrected chi connectivity index (χ3v) is 6.70. The predicted octanol–water partition coefficient (Wildman–Crippen LogP) is 4.53. The Balaban J connectivity index is 1.38. The number of Topliss-reactive ketones (excluding diaryl/α,β-unsaturated/α-hetero) is 2. The van der Waals surface area contributed by atoms with E-state index >= 15 is 0 Å². The number of fused-ring (bicyclic) bond motifs is 2. The molecule has 2 aromatic heterocycles. The quantitative estimate of drug-likeness (QED) is 0.553. The second-order valence-corrected chi connectivity index (χ2v) is 8.97. The maximum atomic E-state index is 13.0. The highest BCUT2D eigenvalue weighted by atomic mass is 16.5. The van der Waals surface area contributed by atoms with Crippen LogP contribution in [0.5, 0.6) is 0 Å². The van der Waals surface area contributed by atoms with Crippen molar-refractivity contribution >= 4 is 17.5 Å². The Labute approximate surface area is 192 Å². The highest BCUT2D eigenvalue weighted by Gasteiger charge is 2.33. The Morgan fingerprint density at radius 3 is 2.61 bits per heavy atom. The molecule has 2 heterocycles. The van der Waals surface area contributed by atoms with Crippen molar-refractivity contribution in [3.63, 3.8) is 0 Å². The maximum Gasteiger partial charge on any atom is 0.247 e. The van der Waals surface area contributed by atoms with E-state index in [-0.39, 0.29) is 23.4 Å². The number of aryl methyl sites for hydroxylation is 2. The van der Waals surface area contributed by atoms with Gasteiger partial charge in [0.15, 0.2) is 11.6 Å². The molecule has 0 amide bonds. The van der Waals surface area contributed by atoms with Gasteiger partial charge in [-0.05, 0) is 43.6 Å². The first-order valence-corrected chi connectivity index (χ1v) is 11.8. The molecule has 7 heteroatoms. The number of carbonyl (C=O) groups excluding carboxylic acids is 3. The van der Waals surface area contributed by atoms with Crippen LogP contribution in [0, 0.1) is 0 Å². The van der Waals surface area contributed by atoms with Crippen LogP contribution in [0.4, 0.5) is 0 Å². The number of aromatic nitrogens is 3. The number of nitrogens with zero attached hydrogens (tertiary/aromatic N) is 3. The minimum absolute atomic E-state index is 0.0445. The van der Waals surface area contributed by atoms with Gasteiger partial charge in [-0.15, -0.1) is 0 Å². The van der Waals surface area contributed by atoms with Crippen molar-refractivity contribution in [2.24, 2.45) is 0 Å². The Morgan fingerprint density at radius 2 is 1.82 bits per heavy atom. The molecule has 2 aliphatic carbocycles. The number of hydrogen-bond acceptors (Lipinski definition) is 6. The van der Waals surface area contributed by atoms with Crippen LogP contribution >= 0.6 is 0 Å². The second kappa shape index (κ2) is 8.89. The molecule has 33 heavy (non-hydrogen) atoms. The van der Waals surface area contributed by atoms with Gasteiger partial charge in [-0.3, -0.25) is 14.4 Å². The van der Waals surface area contributed by atoms with E-state index in [2.05, 4.69) is 10.3 Å². The molecule has 0 radical (unpaired) electrons. The number of hydrogen-bond donors (Lipinski definition) is 0. The molecular weight excluding hydrogens is 418 g/mol. The van der Waals surface area contributed by atoms with E-state index in [0.29, 0.717) is 73.2 Å². The lowest BCUT2D eigenvalue weighted by atomic mass is 9.81. The van der Waals surface area contributed by atoms with Crippen LogP contribution in [0.1, 0.15) is 98.9 Å². The van der Waals surface area contributed by atoms with Crippen molar-refractivity contribution in [1.82, 2.24) is 14.9 Å². The van der Waals surface area contributed by atoms with E-state index in [9.17, 15) is 14.4 Å². The van der Waals surface area contributed by atoms with E-state index in [1.54, 1.807) is 0 Å². The van der Waals surface area contributed by atoms with Crippen molar-refractivity contribution in [2.45, 2.75) is 70.6 Å². The standard InChI is InChI=1S/C26H27N3O4/c1-2-7-24(32)29-20-10-6-11-21(30)25(20)18(27-29)12-13-19-26-22(31)14-17(15-23(26)33-28-19)16-8-4-3-5-9-16/h3-5,8-9,17H,2,6-7,10-15H2,1H3. The molecule has 0 saturated heterocycles. The van der Waals surface area contributed by atoms with Gasteiger partial charge in [0.1, 0.15) is 5.76 Å². The Hall–Kier alpha value is -3.35. The van der Waals surface area contributed by atoms with Gasteiger partial charge >= 0.3 is 0 Å². The summed E-state index contributed by atoms with van der Waals surface area (Å²) in [7, 11) is 0. The van der Waals surface area contributed by atoms with Crippen molar-refractivity contribution < 1.29 is 18.9 Å². The highest BCUT2D eigenvalue weighted by Crippen LogP contribution is 2.35. The van der Waals surface area contributed by atoms with Crippen molar-refractivity contribution in [3.8, 4) is 0 Å². The molecule has 0 bridgehead atoms. The van der Waals surface area contributed by atoms with Crippen LogP contribution in [-0.2, 0) is 25.7 Å². The summed E-state index contributed by atoms with van der Waals surface area (Å²) in [5.74, 6) is 0.748. The van der Waals surface area contributed by atoms with E-state index in [0.717, 1.165) is 24.1 Å². The van der Waals surface area contributed by atoms with Gasteiger partial charge in [-0.25, -0.2) is 4.68 Å². The molecule has 170 valence electrons. The lowest BCUT2D eigenvalue weighted by Gasteiger charge is -2.20. The first-order chi connectivity index (χ1) is 16.1. The van der Waals surface area contributed by atoms with Gasteiger partial charge in [0.05, 0.1) is 28.2 Å². The van der Waals surface area contributed by atoms with Crippen LogP contribution in [0.15, 0.2) is 34.9 Å². The number of benzene rings is 1. The van der Waals surface area contributed by atoms with Gasteiger partial charge in [0.25, 0.3) is 0 Å². The van der Waals surface area contributed by atoms with Crippen molar-refractivity contribution in [2.75, 3.05) is 0 Å². The number of carbonyl (C=O) groups is 3. The molecule has 0 N–H and O–H groups in total.